The second-order valence-corrected chi connectivity index (χ2v) is 6.84. The number of esters is 1. The Labute approximate surface area is 174 Å². The molecule has 0 aliphatic rings. The molecule has 152 valence electrons. The summed E-state index contributed by atoms with van der Waals surface area (Å²) >= 11 is 0. The van der Waals surface area contributed by atoms with Crippen molar-refractivity contribution in [1.82, 2.24) is 4.57 Å². The second kappa shape index (κ2) is 8.62. The van der Waals surface area contributed by atoms with Gasteiger partial charge in [-0.2, -0.15) is 5.26 Å². The lowest BCUT2D eigenvalue weighted by molar-refractivity contribution is -0.384. The number of hydrogen-bond donors (Lipinski definition) is 0. The zero-order valence-electron chi connectivity index (χ0n) is 17.0. The van der Waals surface area contributed by atoms with Crippen LogP contribution < -0.4 is 0 Å². The average molecular weight is 403 g/mol. The molecule has 7 nitrogen and oxygen atoms in total. The number of nitro groups is 1. The zero-order valence-corrected chi connectivity index (χ0v) is 17.0. The number of aromatic nitrogens is 1. The fourth-order valence-electron chi connectivity index (χ4n) is 3.54. The van der Waals surface area contributed by atoms with E-state index in [1.807, 2.05) is 30.5 Å². The summed E-state index contributed by atoms with van der Waals surface area (Å²) in [6.45, 7) is 6.29. The summed E-state index contributed by atoms with van der Waals surface area (Å²) in [6, 6.07) is 15.5. The van der Waals surface area contributed by atoms with E-state index in [0.717, 1.165) is 17.0 Å². The summed E-state index contributed by atoms with van der Waals surface area (Å²) in [5.74, 6) is -0.426. The lowest BCUT2D eigenvalue weighted by Gasteiger charge is -2.10. The number of nitro benzene ring substituents is 1. The highest BCUT2D eigenvalue weighted by molar-refractivity contribution is 6.00. The molecule has 2 aromatic carbocycles. The van der Waals surface area contributed by atoms with E-state index in [9.17, 15) is 14.9 Å². The molecule has 3 rings (SSSR count). The Morgan fingerprint density at radius 2 is 1.73 bits per heavy atom. The molecule has 3 aromatic rings. The van der Waals surface area contributed by atoms with Crippen LogP contribution in [-0.4, -0.2) is 22.1 Å². The fourth-order valence-corrected chi connectivity index (χ4v) is 3.54. The van der Waals surface area contributed by atoms with Crippen LogP contribution in [-0.2, 0) is 11.3 Å². The van der Waals surface area contributed by atoms with Crippen LogP contribution in [0.1, 0.15) is 39.8 Å². The van der Waals surface area contributed by atoms with Gasteiger partial charge in [-0.15, -0.1) is 0 Å². The predicted molar refractivity (Wildman–Crippen MR) is 112 cm³/mol. The minimum Gasteiger partial charge on any atom is -0.462 e. The van der Waals surface area contributed by atoms with E-state index in [-0.39, 0.29) is 12.3 Å². The van der Waals surface area contributed by atoms with Gasteiger partial charge >= 0.3 is 5.97 Å². The van der Waals surface area contributed by atoms with Gasteiger partial charge in [-0.05, 0) is 56.2 Å². The summed E-state index contributed by atoms with van der Waals surface area (Å²) in [5, 5.41) is 20.0. The molecule has 0 radical (unpaired) electrons. The third kappa shape index (κ3) is 3.94. The number of benzene rings is 2. The van der Waals surface area contributed by atoms with Crippen molar-refractivity contribution in [3.05, 3.63) is 86.7 Å². The average Bonchev–Trinajstić information content (AvgIpc) is 2.99. The van der Waals surface area contributed by atoms with E-state index in [2.05, 4.69) is 6.07 Å². The SMILES string of the molecule is CCOC(=O)c1c(-c2ccc([N+](=O)[O-])cc2)c(C)n(Cc2ccc(C#N)cc2)c1C. The maximum atomic E-state index is 12.8. The Morgan fingerprint density at radius 1 is 1.10 bits per heavy atom. The van der Waals surface area contributed by atoms with Gasteiger partial charge in [0, 0.05) is 35.6 Å². The van der Waals surface area contributed by atoms with Crippen molar-refractivity contribution in [2.24, 2.45) is 0 Å². The van der Waals surface area contributed by atoms with Crippen molar-refractivity contribution in [1.29, 1.82) is 5.26 Å². The van der Waals surface area contributed by atoms with Crippen LogP contribution in [0.5, 0.6) is 0 Å². The summed E-state index contributed by atoms with van der Waals surface area (Å²) in [5.41, 5.74) is 5.04. The summed E-state index contributed by atoms with van der Waals surface area (Å²) in [7, 11) is 0. The van der Waals surface area contributed by atoms with Crippen molar-refractivity contribution < 1.29 is 14.5 Å². The lowest BCUT2D eigenvalue weighted by atomic mass is 10.0. The number of carbonyl (C=O) groups is 1. The first-order chi connectivity index (χ1) is 14.4. The number of carbonyl (C=O) groups excluding carboxylic acids is 1. The van der Waals surface area contributed by atoms with Gasteiger partial charge in [-0.1, -0.05) is 12.1 Å². The second-order valence-electron chi connectivity index (χ2n) is 6.84. The van der Waals surface area contributed by atoms with Crippen LogP contribution in [0.3, 0.4) is 0 Å². The number of hydrogen-bond acceptors (Lipinski definition) is 5. The molecular formula is C23H21N3O4. The zero-order chi connectivity index (χ0) is 21.8. The smallest absolute Gasteiger partial charge is 0.340 e. The van der Waals surface area contributed by atoms with Crippen molar-refractivity contribution in [2.45, 2.75) is 27.3 Å². The van der Waals surface area contributed by atoms with Gasteiger partial charge in [0.1, 0.15) is 0 Å². The highest BCUT2D eigenvalue weighted by atomic mass is 16.6. The topological polar surface area (TPSA) is 98.2 Å². The third-order valence-corrected chi connectivity index (χ3v) is 5.05. The molecule has 0 N–H and O–H groups in total. The summed E-state index contributed by atoms with van der Waals surface area (Å²) in [6.07, 6.45) is 0. The van der Waals surface area contributed by atoms with E-state index >= 15 is 0 Å². The molecule has 0 atom stereocenters. The maximum Gasteiger partial charge on any atom is 0.340 e. The third-order valence-electron chi connectivity index (χ3n) is 5.05. The van der Waals surface area contributed by atoms with Gasteiger partial charge < -0.3 is 9.30 Å². The number of rotatable bonds is 6. The molecule has 30 heavy (non-hydrogen) atoms. The van der Waals surface area contributed by atoms with Crippen LogP contribution in [0.25, 0.3) is 11.1 Å². The van der Waals surface area contributed by atoms with Crippen molar-refractivity contribution >= 4 is 11.7 Å². The molecule has 0 aliphatic heterocycles. The first kappa shape index (κ1) is 20.8. The minimum absolute atomic E-state index is 0.0113. The number of ether oxygens (including phenoxy) is 1. The highest BCUT2D eigenvalue weighted by Gasteiger charge is 2.25. The fraction of sp³-hybridized carbons (Fsp3) is 0.217. The number of nitriles is 1. The van der Waals surface area contributed by atoms with Crippen LogP contribution in [0.2, 0.25) is 0 Å². The molecule has 1 heterocycles. The minimum atomic E-state index is -0.454. The first-order valence-electron chi connectivity index (χ1n) is 9.48. The van der Waals surface area contributed by atoms with Crippen LogP contribution in [0.15, 0.2) is 48.5 Å². The molecule has 0 saturated heterocycles. The van der Waals surface area contributed by atoms with E-state index in [1.54, 1.807) is 31.2 Å². The largest absolute Gasteiger partial charge is 0.462 e. The van der Waals surface area contributed by atoms with Crippen LogP contribution >= 0.6 is 0 Å². The van der Waals surface area contributed by atoms with Crippen molar-refractivity contribution in [3.8, 4) is 17.2 Å². The van der Waals surface area contributed by atoms with Gasteiger partial charge in [0.25, 0.3) is 5.69 Å². The lowest BCUT2D eigenvalue weighted by Crippen LogP contribution is -2.09. The summed E-state index contributed by atoms with van der Waals surface area (Å²) in [4.78, 5) is 23.3. The normalized spacial score (nSPS) is 10.5. The first-order valence-corrected chi connectivity index (χ1v) is 9.48. The van der Waals surface area contributed by atoms with E-state index < -0.39 is 10.9 Å². The Hall–Kier alpha value is -3.92. The van der Waals surface area contributed by atoms with E-state index in [1.165, 1.54) is 12.1 Å². The summed E-state index contributed by atoms with van der Waals surface area (Å²) < 4.78 is 7.30. The van der Waals surface area contributed by atoms with Crippen molar-refractivity contribution in [2.75, 3.05) is 6.61 Å². The van der Waals surface area contributed by atoms with Gasteiger partial charge in [0.15, 0.2) is 0 Å². The molecule has 1 aromatic heterocycles. The van der Waals surface area contributed by atoms with Gasteiger partial charge in [0.05, 0.1) is 28.7 Å². The monoisotopic (exact) mass is 403 g/mol. The van der Waals surface area contributed by atoms with E-state index in [4.69, 9.17) is 10.00 Å². The molecule has 0 unspecified atom stereocenters. The van der Waals surface area contributed by atoms with Gasteiger partial charge in [-0.25, -0.2) is 4.79 Å². The van der Waals surface area contributed by atoms with Crippen LogP contribution in [0, 0.1) is 35.3 Å². The van der Waals surface area contributed by atoms with Crippen LogP contribution in [0.4, 0.5) is 5.69 Å². The molecule has 0 fully saturated rings. The molecule has 0 amide bonds. The quantitative estimate of drug-likeness (QED) is 0.335. The molecule has 0 saturated carbocycles. The Kier molecular flexibility index (Phi) is 5.98. The Balaban J connectivity index is 2.12. The molecule has 0 spiro atoms. The molecular weight excluding hydrogens is 382 g/mol. The molecule has 0 aliphatic carbocycles. The number of nitrogens with zero attached hydrogens (tertiary/aromatic N) is 3. The van der Waals surface area contributed by atoms with Crippen molar-refractivity contribution in [3.63, 3.8) is 0 Å². The highest BCUT2D eigenvalue weighted by Crippen LogP contribution is 2.34. The molecule has 7 heteroatoms. The number of non-ortho nitro benzene ring substituents is 1. The molecule has 0 bridgehead atoms. The predicted octanol–water partition coefficient (Wildman–Crippen LogP) is 4.78. The van der Waals surface area contributed by atoms with Gasteiger partial charge in [-0.3, -0.25) is 10.1 Å². The maximum absolute atomic E-state index is 12.8. The van der Waals surface area contributed by atoms with Gasteiger partial charge in [0.2, 0.25) is 0 Å². The standard InChI is InChI=1S/C23H21N3O4/c1-4-30-23(27)22-16(3)25(14-18-7-5-17(13-24)6-8-18)15(2)21(22)19-9-11-20(12-10-19)26(28)29/h5-12H,4,14H2,1-3H3. The Bertz CT molecular complexity index is 1140. The van der Waals surface area contributed by atoms with E-state index in [0.29, 0.717) is 28.8 Å². The Morgan fingerprint density at radius 3 is 2.27 bits per heavy atom.